The van der Waals surface area contributed by atoms with E-state index < -0.39 is 47.2 Å². The Balaban J connectivity index is 1.77. The highest BCUT2D eigenvalue weighted by Crippen LogP contribution is 2.53. The minimum absolute atomic E-state index is 0.0775. The number of hydrogen-bond acceptors (Lipinski definition) is 5. The van der Waals surface area contributed by atoms with E-state index in [1.165, 1.54) is 25.0 Å². The summed E-state index contributed by atoms with van der Waals surface area (Å²) in [5.41, 5.74) is -6.07. The van der Waals surface area contributed by atoms with Gasteiger partial charge in [0, 0.05) is 48.8 Å². The summed E-state index contributed by atoms with van der Waals surface area (Å²) in [6.45, 7) is 1.41. The van der Waals surface area contributed by atoms with Crippen LogP contribution in [0, 0.1) is 5.82 Å². The lowest BCUT2D eigenvalue weighted by Gasteiger charge is -2.43. The van der Waals surface area contributed by atoms with Crippen molar-refractivity contribution in [2.45, 2.75) is 49.2 Å². The predicted octanol–water partition coefficient (Wildman–Crippen LogP) is 6.38. The van der Waals surface area contributed by atoms with Crippen LogP contribution in [0.4, 0.5) is 8.78 Å². The molecular weight excluding hydrogens is 591 g/mol. The summed E-state index contributed by atoms with van der Waals surface area (Å²) in [4.78, 5) is 27.7. The maximum absolute atomic E-state index is 16.5. The molecule has 0 aliphatic carbocycles. The predicted molar refractivity (Wildman–Crippen MR) is 152 cm³/mol. The third-order valence-corrected chi connectivity index (χ3v) is 8.91. The van der Waals surface area contributed by atoms with E-state index in [-0.39, 0.29) is 42.7 Å². The number of carbonyl (C=O) groups excluding carboxylic acids is 1. The molecule has 3 aromatic carbocycles. The minimum Gasteiger partial charge on any atom is -0.481 e. The molecule has 0 bridgehead atoms. The molecule has 0 aromatic heterocycles. The first kappa shape index (κ1) is 30.4. The van der Waals surface area contributed by atoms with Gasteiger partial charge >= 0.3 is 5.97 Å². The Morgan fingerprint density at radius 2 is 1.67 bits per heavy atom. The summed E-state index contributed by atoms with van der Waals surface area (Å²) in [5, 5.41) is 22.2. The van der Waals surface area contributed by atoms with Crippen molar-refractivity contribution in [2.75, 3.05) is 20.3 Å². The molecule has 2 aliphatic rings. The zero-order valence-corrected chi connectivity index (χ0v) is 24.4. The van der Waals surface area contributed by atoms with Crippen molar-refractivity contribution in [3.8, 4) is 0 Å². The average Bonchev–Trinajstić information content (AvgIpc) is 3.21. The normalized spacial score (nSPS) is 22.0. The molecule has 0 unspecified atom stereocenters. The van der Waals surface area contributed by atoms with Gasteiger partial charge in [0.1, 0.15) is 17.1 Å². The summed E-state index contributed by atoms with van der Waals surface area (Å²) >= 11 is 12.2. The van der Waals surface area contributed by atoms with E-state index >= 15 is 8.78 Å². The number of nitrogens with zero attached hydrogens (tertiary/aromatic N) is 1. The molecule has 7 nitrogen and oxygen atoms in total. The third-order valence-electron chi connectivity index (χ3n) is 8.40. The van der Waals surface area contributed by atoms with Crippen LogP contribution in [-0.4, -0.2) is 53.0 Å². The van der Waals surface area contributed by atoms with E-state index in [4.69, 9.17) is 32.7 Å². The number of carboxylic acids is 1. The molecule has 0 saturated carbocycles. The number of aliphatic carboxylic acids is 1. The van der Waals surface area contributed by atoms with Gasteiger partial charge in [-0.15, -0.1) is 0 Å². The maximum atomic E-state index is 16.5. The molecule has 222 valence electrons. The second-order valence-corrected chi connectivity index (χ2v) is 11.6. The summed E-state index contributed by atoms with van der Waals surface area (Å²) in [6, 6.07) is 13.6. The smallest absolute Gasteiger partial charge is 0.305 e. The van der Waals surface area contributed by atoms with Gasteiger partial charge in [-0.05, 0) is 54.4 Å². The zero-order valence-electron chi connectivity index (χ0n) is 22.9. The van der Waals surface area contributed by atoms with E-state index in [9.17, 15) is 19.8 Å². The van der Waals surface area contributed by atoms with Crippen molar-refractivity contribution in [3.05, 3.63) is 104 Å². The molecule has 1 fully saturated rings. The number of hydrogen-bond donors (Lipinski definition) is 2. The quantitative estimate of drug-likeness (QED) is 0.304. The highest BCUT2D eigenvalue weighted by atomic mass is 35.5. The van der Waals surface area contributed by atoms with Crippen LogP contribution in [-0.2, 0) is 25.6 Å². The molecule has 5 rings (SSSR count). The Labute approximate surface area is 251 Å². The summed E-state index contributed by atoms with van der Waals surface area (Å²) < 4.78 is 43.8. The van der Waals surface area contributed by atoms with E-state index in [2.05, 4.69) is 0 Å². The molecule has 2 N–H and O–H groups in total. The van der Waals surface area contributed by atoms with Gasteiger partial charge in [0.05, 0.1) is 23.6 Å². The SMILES string of the molecule is CO[C@]1(c2ccc(Cl)cc2)c2c(F)cc([C@@](C)(O)C3(F)CCOCC3)cc2C(=O)N1[C@@H](CC(=O)O)c1ccc(Cl)cc1. The van der Waals surface area contributed by atoms with Crippen molar-refractivity contribution in [1.29, 1.82) is 0 Å². The monoisotopic (exact) mass is 619 g/mol. The van der Waals surface area contributed by atoms with Gasteiger partial charge in [-0.3, -0.25) is 14.5 Å². The van der Waals surface area contributed by atoms with Gasteiger partial charge in [0.25, 0.3) is 5.91 Å². The highest BCUT2D eigenvalue weighted by molar-refractivity contribution is 6.30. The molecule has 0 radical (unpaired) electrons. The van der Waals surface area contributed by atoms with Crippen molar-refractivity contribution >= 4 is 35.1 Å². The van der Waals surface area contributed by atoms with Crippen LogP contribution >= 0.6 is 23.2 Å². The molecule has 1 saturated heterocycles. The lowest BCUT2D eigenvalue weighted by Crippen LogP contribution is -2.50. The number of carbonyl (C=O) groups is 2. The van der Waals surface area contributed by atoms with E-state index in [1.54, 1.807) is 48.5 Å². The molecule has 42 heavy (non-hydrogen) atoms. The number of halogens is 4. The average molecular weight is 620 g/mol. The van der Waals surface area contributed by atoms with Gasteiger partial charge in [-0.1, -0.05) is 47.5 Å². The Hall–Kier alpha value is -3.08. The van der Waals surface area contributed by atoms with Crippen LogP contribution in [0.3, 0.4) is 0 Å². The number of amides is 1. The molecule has 0 spiro atoms. The number of alkyl halides is 1. The van der Waals surface area contributed by atoms with Gasteiger partial charge < -0.3 is 19.7 Å². The Morgan fingerprint density at radius 3 is 2.21 bits per heavy atom. The number of aliphatic hydroxyl groups is 1. The van der Waals surface area contributed by atoms with Crippen molar-refractivity contribution in [3.63, 3.8) is 0 Å². The standard InChI is InChI=1S/C31H29Cl2F2NO6/c1-29(40,30(35)11-13-42-14-12-30)20-15-23-27(24(34)16-20)31(41-2,19-5-9-22(33)10-6-19)36(28(23)39)25(17-26(37)38)18-3-7-21(32)8-4-18/h3-10,15-16,25,40H,11-14,17H2,1-2H3,(H,37,38)/t25-,29+,31+/m0/s1. The number of methoxy groups -OCH3 is 1. The Bertz CT molecular complexity index is 1510. The number of benzene rings is 3. The first-order chi connectivity index (χ1) is 19.9. The van der Waals surface area contributed by atoms with Gasteiger partial charge in [-0.2, -0.15) is 0 Å². The number of ether oxygens (including phenoxy) is 2. The molecule has 2 heterocycles. The van der Waals surface area contributed by atoms with Crippen LogP contribution in [0.15, 0.2) is 60.7 Å². The van der Waals surface area contributed by atoms with Crippen molar-refractivity contribution < 1.29 is 38.1 Å². The first-order valence-corrected chi connectivity index (χ1v) is 14.1. The summed E-state index contributed by atoms with van der Waals surface area (Å²) in [6.07, 6.45) is -0.800. The fraction of sp³-hybridized carbons (Fsp3) is 0.355. The molecule has 3 aromatic rings. The van der Waals surface area contributed by atoms with Crippen LogP contribution in [0.25, 0.3) is 0 Å². The fourth-order valence-corrected chi connectivity index (χ4v) is 6.33. The first-order valence-electron chi connectivity index (χ1n) is 13.3. The van der Waals surface area contributed by atoms with Crippen LogP contribution in [0.2, 0.25) is 10.0 Å². The zero-order chi connectivity index (χ0) is 30.4. The molecule has 11 heteroatoms. The van der Waals surface area contributed by atoms with Gasteiger partial charge in [0.2, 0.25) is 0 Å². The molecule has 2 aliphatic heterocycles. The summed E-state index contributed by atoms with van der Waals surface area (Å²) in [5.74, 6) is -2.92. The third kappa shape index (κ3) is 4.87. The highest BCUT2D eigenvalue weighted by Gasteiger charge is 2.58. The molecular formula is C31H29Cl2F2NO6. The fourth-order valence-electron chi connectivity index (χ4n) is 6.08. The lowest BCUT2D eigenvalue weighted by molar-refractivity contribution is -0.143. The van der Waals surface area contributed by atoms with Crippen molar-refractivity contribution in [1.82, 2.24) is 4.90 Å². The largest absolute Gasteiger partial charge is 0.481 e. The van der Waals surface area contributed by atoms with E-state index in [1.807, 2.05) is 0 Å². The van der Waals surface area contributed by atoms with Gasteiger partial charge in [-0.25, -0.2) is 8.78 Å². The number of fused-ring (bicyclic) bond motifs is 1. The molecule has 3 atom stereocenters. The van der Waals surface area contributed by atoms with Gasteiger partial charge in [0.15, 0.2) is 5.72 Å². The Morgan fingerprint density at radius 1 is 1.10 bits per heavy atom. The second kappa shape index (κ2) is 11.2. The topological polar surface area (TPSA) is 96.3 Å². The Kier molecular flexibility index (Phi) is 8.10. The number of rotatable bonds is 8. The van der Waals surface area contributed by atoms with Crippen molar-refractivity contribution in [2.24, 2.45) is 0 Å². The number of carboxylic acid groups (broad SMARTS) is 1. The maximum Gasteiger partial charge on any atom is 0.305 e. The van der Waals surface area contributed by atoms with E-state index in [0.29, 0.717) is 21.2 Å². The van der Waals surface area contributed by atoms with Crippen LogP contribution in [0.5, 0.6) is 0 Å². The second-order valence-electron chi connectivity index (χ2n) is 10.7. The van der Waals surface area contributed by atoms with Crippen LogP contribution in [0.1, 0.15) is 64.8 Å². The summed E-state index contributed by atoms with van der Waals surface area (Å²) in [7, 11) is 1.28. The molecule has 1 amide bonds. The lowest BCUT2D eigenvalue weighted by atomic mass is 9.75. The van der Waals surface area contributed by atoms with E-state index in [0.717, 1.165) is 6.07 Å². The van der Waals surface area contributed by atoms with Crippen LogP contribution < -0.4 is 0 Å². The minimum atomic E-state index is -2.17.